The lowest BCUT2D eigenvalue weighted by Gasteiger charge is -2.08. The number of aliphatic carboxylic acids is 1. The summed E-state index contributed by atoms with van der Waals surface area (Å²) in [5, 5.41) is 12.0. The molecule has 0 aromatic heterocycles. The molecule has 0 aliphatic rings. The van der Waals surface area contributed by atoms with Gasteiger partial charge in [0.15, 0.2) is 0 Å². The van der Waals surface area contributed by atoms with Crippen LogP contribution in [0.1, 0.15) is 21.5 Å². The van der Waals surface area contributed by atoms with Crippen molar-refractivity contribution in [3.8, 4) is 0 Å². The molecule has 2 N–H and O–H groups in total. The Morgan fingerprint density at radius 3 is 2.43 bits per heavy atom. The van der Waals surface area contributed by atoms with Crippen molar-refractivity contribution in [3.05, 3.63) is 64.2 Å². The number of carbonyl (C=O) groups is 2. The maximum absolute atomic E-state index is 12.2. The molecule has 0 spiro atoms. The predicted molar refractivity (Wildman–Crippen MR) is 81.9 cm³/mol. The Hall–Kier alpha value is -2.33. The zero-order chi connectivity index (χ0) is 15.4. The number of nitrogens with one attached hydrogen (secondary N) is 1. The summed E-state index contributed by atoms with van der Waals surface area (Å²) in [5.41, 5.74) is 2.63. The smallest absolute Gasteiger partial charge is 0.307 e. The van der Waals surface area contributed by atoms with Crippen LogP contribution in [0, 0.1) is 6.92 Å². The number of aryl methyl sites for hydroxylation is 1. The molecule has 4 nitrogen and oxygen atoms in total. The molecule has 2 rings (SSSR count). The Balaban J connectivity index is 2.12. The van der Waals surface area contributed by atoms with E-state index in [1.54, 1.807) is 42.5 Å². The van der Waals surface area contributed by atoms with Gasteiger partial charge >= 0.3 is 5.97 Å². The van der Waals surface area contributed by atoms with Gasteiger partial charge < -0.3 is 10.4 Å². The van der Waals surface area contributed by atoms with Gasteiger partial charge in [0.2, 0.25) is 0 Å². The van der Waals surface area contributed by atoms with Crippen LogP contribution in [0.3, 0.4) is 0 Å². The third kappa shape index (κ3) is 4.07. The average molecular weight is 304 g/mol. The van der Waals surface area contributed by atoms with E-state index in [4.69, 9.17) is 16.7 Å². The van der Waals surface area contributed by atoms with Crippen molar-refractivity contribution < 1.29 is 14.7 Å². The van der Waals surface area contributed by atoms with E-state index in [2.05, 4.69) is 5.32 Å². The molecule has 0 radical (unpaired) electrons. The number of carboxylic acid groups (broad SMARTS) is 1. The minimum absolute atomic E-state index is 0.0401. The molecule has 108 valence electrons. The number of carbonyl (C=O) groups excluding carboxylic acids is 1. The second-order valence-electron chi connectivity index (χ2n) is 4.68. The topological polar surface area (TPSA) is 66.4 Å². The molecule has 0 aliphatic heterocycles. The lowest BCUT2D eigenvalue weighted by atomic mass is 10.1. The fraction of sp³-hybridized carbons (Fsp3) is 0.125. The monoisotopic (exact) mass is 303 g/mol. The lowest BCUT2D eigenvalue weighted by Crippen LogP contribution is -2.13. The van der Waals surface area contributed by atoms with Crippen LogP contribution in [0.25, 0.3) is 0 Å². The normalized spacial score (nSPS) is 10.2. The summed E-state index contributed by atoms with van der Waals surface area (Å²) < 4.78 is 0. The summed E-state index contributed by atoms with van der Waals surface area (Å²) in [6.45, 7) is 1.83. The van der Waals surface area contributed by atoms with E-state index in [1.807, 2.05) is 6.92 Å². The number of rotatable bonds is 4. The SMILES string of the molecule is Cc1ccc(Cl)cc1C(=O)Nc1ccc(CC(=O)O)cc1. The minimum Gasteiger partial charge on any atom is -0.481 e. The molecule has 2 aromatic carbocycles. The molecular weight excluding hydrogens is 290 g/mol. The summed E-state index contributed by atoms with van der Waals surface area (Å²) in [6.07, 6.45) is -0.0401. The fourth-order valence-electron chi connectivity index (χ4n) is 1.92. The fourth-order valence-corrected chi connectivity index (χ4v) is 2.09. The van der Waals surface area contributed by atoms with Crippen LogP contribution in [0.15, 0.2) is 42.5 Å². The first-order valence-electron chi connectivity index (χ1n) is 6.34. The number of hydrogen-bond acceptors (Lipinski definition) is 2. The summed E-state index contributed by atoms with van der Waals surface area (Å²) >= 11 is 5.90. The van der Waals surface area contributed by atoms with E-state index in [0.717, 1.165) is 5.56 Å². The highest BCUT2D eigenvalue weighted by Crippen LogP contribution is 2.18. The molecule has 5 heteroatoms. The number of anilines is 1. The first kappa shape index (κ1) is 15.1. The molecule has 2 aromatic rings. The van der Waals surface area contributed by atoms with Gasteiger partial charge in [0.25, 0.3) is 5.91 Å². The van der Waals surface area contributed by atoms with Crippen molar-refractivity contribution in [2.45, 2.75) is 13.3 Å². The van der Waals surface area contributed by atoms with Crippen LogP contribution in [0.4, 0.5) is 5.69 Å². The van der Waals surface area contributed by atoms with E-state index in [0.29, 0.717) is 21.8 Å². The molecule has 0 bridgehead atoms. The van der Waals surface area contributed by atoms with Crippen LogP contribution in [0.5, 0.6) is 0 Å². The largest absolute Gasteiger partial charge is 0.481 e. The van der Waals surface area contributed by atoms with Gasteiger partial charge in [-0.15, -0.1) is 0 Å². The predicted octanol–water partition coefficient (Wildman–Crippen LogP) is 3.53. The van der Waals surface area contributed by atoms with Gasteiger partial charge in [-0.2, -0.15) is 0 Å². The van der Waals surface area contributed by atoms with Gasteiger partial charge in [-0.1, -0.05) is 29.8 Å². The van der Waals surface area contributed by atoms with Crippen LogP contribution < -0.4 is 5.32 Å². The van der Waals surface area contributed by atoms with Gasteiger partial charge in [-0.25, -0.2) is 0 Å². The van der Waals surface area contributed by atoms with Crippen molar-refractivity contribution in [3.63, 3.8) is 0 Å². The minimum atomic E-state index is -0.888. The van der Waals surface area contributed by atoms with E-state index in [9.17, 15) is 9.59 Å². The number of benzene rings is 2. The Labute approximate surface area is 127 Å². The van der Waals surface area contributed by atoms with Gasteiger partial charge in [-0.3, -0.25) is 9.59 Å². The molecule has 0 atom stereocenters. The highest BCUT2D eigenvalue weighted by Gasteiger charge is 2.10. The van der Waals surface area contributed by atoms with Crippen molar-refractivity contribution in [2.75, 3.05) is 5.32 Å². The first-order valence-corrected chi connectivity index (χ1v) is 6.72. The van der Waals surface area contributed by atoms with E-state index >= 15 is 0 Å². The summed E-state index contributed by atoms with van der Waals surface area (Å²) in [4.78, 5) is 22.8. The highest BCUT2D eigenvalue weighted by atomic mass is 35.5. The van der Waals surface area contributed by atoms with Crippen molar-refractivity contribution in [1.29, 1.82) is 0 Å². The Kier molecular flexibility index (Phi) is 4.60. The molecule has 0 unspecified atom stereocenters. The van der Waals surface area contributed by atoms with Gasteiger partial charge in [0.1, 0.15) is 0 Å². The number of halogens is 1. The Morgan fingerprint density at radius 2 is 1.81 bits per heavy atom. The van der Waals surface area contributed by atoms with E-state index < -0.39 is 5.97 Å². The second kappa shape index (κ2) is 6.41. The second-order valence-corrected chi connectivity index (χ2v) is 5.12. The quantitative estimate of drug-likeness (QED) is 0.908. The van der Waals surface area contributed by atoms with Crippen LogP contribution >= 0.6 is 11.6 Å². The molecule has 0 saturated carbocycles. The van der Waals surface area contributed by atoms with Crippen molar-refractivity contribution in [1.82, 2.24) is 0 Å². The molecule has 0 heterocycles. The third-order valence-electron chi connectivity index (χ3n) is 3.01. The van der Waals surface area contributed by atoms with Gasteiger partial charge in [0, 0.05) is 16.3 Å². The Morgan fingerprint density at radius 1 is 1.14 bits per heavy atom. The molecule has 0 fully saturated rings. The average Bonchev–Trinajstić information content (AvgIpc) is 2.43. The summed E-state index contributed by atoms with van der Waals surface area (Å²) in [7, 11) is 0. The zero-order valence-electron chi connectivity index (χ0n) is 11.4. The van der Waals surface area contributed by atoms with Gasteiger partial charge in [0.05, 0.1) is 6.42 Å². The number of hydrogen-bond donors (Lipinski definition) is 2. The third-order valence-corrected chi connectivity index (χ3v) is 3.25. The number of carboxylic acids is 1. The van der Waals surface area contributed by atoms with Crippen LogP contribution in [0.2, 0.25) is 5.02 Å². The molecule has 1 amide bonds. The van der Waals surface area contributed by atoms with E-state index in [1.165, 1.54) is 0 Å². The van der Waals surface area contributed by atoms with Crippen molar-refractivity contribution >= 4 is 29.2 Å². The maximum Gasteiger partial charge on any atom is 0.307 e. The van der Waals surface area contributed by atoms with E-state index in [-0.39, 0.29) is 12.3 Å². The first-order chi connectivity index (χ1) is 9.95. The molecule has 0 saturated heterocycles. The summed E-state index contributed by atoms with van der Waals surface area (Å²) in [6, 6.07) is 11.8. The zero-order valence-corrected chi connectivity index (χ0v) is 12.1. The number of amides is 1. The maximum atomic E-state index is 12.2. The molecular formula is C16H14ClNO3. The van der Waals surface area contributed by atoms with Crippen LogP contribution in [-0.2, 0) is 11.2 Å². The highest BCUT2D eigenvalue weighted by molar-refractivity contribution is 6.31. The lowest BCUT2D eigenvalue weighted by molar-refractivity contribution is -0.136. The van der Waals surface area contributed by atoms with Crippen LogP contribution in [-0.4, -0.2) is 17.0 Å². The molecule has 21 heavy (non-hydrogen) atoms. The summed E-state index contributed by atoms with van der Waals surface area (Å²) in [5.74, 6) is -1.14. The van der Waals surface area contributed by atoms with Gasteiger partial charge in [-0.05, 0) is 42.3 Å². The Bertz CT molecular complexity index is 680. The standard InChI is InChI=1S/C16H14ClNO3/c1-10-2-5-12(17)9-14(10)16(21)18-13-6-3-11(4-7-13)8-15(19)20/h2-7,9H,8H2,1H3,(H,18,21)(H,19,20). The molecule has 0 aliphatic carbocycles. The van der Waals surface area contributed by atoms with Crippen molar-refractivity contribution in [2.24, 2.45) is 0 Å².